The topological polar surface area (TPSA) is 70.5 Å². The van der Waals surface area contributed by atoms with E-state index in [4.69, 9.17) is 23.2 Å². The highest BCUT2D eigenvalue weighted by Crippen LogP contribution is 2.41. The molecule has 2 heterocycles. The molecule has 0 radical (unpaired) electrons. The van der Waals surface area contributed by atoms with Crippen molar-refractivity contribution in [2.45, 2.75) is 19.5 Å². The lowest BCUT2D eigenvalue weighted by molar-refractivity contribution is -0.130. The molecule has 1 aliphatic heterocycles. The minimum atomic E-state index is -0.782. The van der Waals surface area contributed by atoms with Crippen molar-refractivity contribution in [3.8, 4) is 0 Å². The zero-order valence-corrected chi connectivity index (χ0v) is 14.8. The van der Waals surface area contributed by atoms with Crippen molar-refractivity contribution in [2.75, 3.05) is 0 Å². The predicted molar refractivity (Wildman–Crippen MR) is 94.3 cm³/mol. The van der Waals surface area contributed by atoms with Crippen molar-refractivity contribution in [3.05, 3.63) is 75.2 Å². The molecule has 1 N–H and O–H groups in total. The van der Waals surface area contributed by atoms with E-state index in [0.717, 1.165) is 5.56 Å². The number of Topliss-reactive ketones (excluding diaryl/α,β-unsaturated/α-hetero) is 1. The number of hydrogen-bond acceptors (Lipinski definition) is 4. The molecular weight excluding hydrogens is 363 g/mol. The van der Waals surface area contributed by atoms with E-state index >= 15 is 0 Å². The smallest absolute Gasteiger partial charge is 0.290 e. The van der Waals surface area contributed by atoms with E-state index in [9.17, 15) is 14.7 Å². The summed E-state index contributed by atoms with van der Waals surface area (Å²) in [6.45, 7) is 1.49. The second-order valence-electron chi connectivity index (χ2n) is 5.68. The van der Waals surface area contributed by atoms with Crippen LogP contribution >= 0.6 is 23.2 Å². The quantitative estimate of drug-likeness (QED) is 0.878. The van der Waals surface area contributed by atoms with Gasteiger partial charge in [-0.25, -0.2) is 0 Å². The van der Waals surface area contributed by atoms with Crippen LogP contribution in [0.5, 0.6) is 0 Å². The molecule has 1 amide bonds. The lowest BCUT2D eigenvalue weighted by Crippen LogP contribution is -2.30. The number of hydrogen-bond donors (Lipinski definition) is 1. The van der Waals surface area contributed by atoms with Gasteiger partial charge in [-0.3, -0.25) is 14.6 Å². The number of pyridine rings is 1. The molecule has 2 aromatic rings. The average Bonchev–Trinajstić information content (AvgIpc) is 2.81. The van der Waals surface area contributed by atoms with Gasteiger partial charge < -0.3 is 10.0 Å². The van der Waals surface area contributed by atoms with E-state index in [1.54, 1.807) is 30.6 Å². The van der Waals surface area contributed by atoms with E-state index < -0.39 is 23.5 Å². The molecule has 1 aromatic heterocycles. The molecule has 0 aliphatic carbocycles. The summed E-state index contributed by atoms with van der Waals surface area (Å²) in [5.41, 5.74) is 1.32. The third-order valence-corrected chi connectivity index (χ3v) is 4.58. The van der Waals surface area contributed by atoms with Crippen LogP contribution in [0.1, 0.15) is 24.1 Å². The molecule has 0 spiro atoms. The minimum absolute atomic E-state index is 0.0260. The standard InChI is InChI=1S/C18H14Cl2N2O3/c1-10(23)15-16(13-5-4-12(19)7-14(13)20)22(18(25)17(15)24)9-11-3-2-6-21-8-11/h2-8,16,24H,9H2,1H3/t16-/m1/s1. The van der Waals surface area contributed by atoms with Crippen LogP contribution in [0.25, 0.3) is 0 Å². The van der Waals surface area contributed by atoms with Crippen molar-refractivity contribution in [1.29, 1.82) is 0 Å². The van der Waals surface area contributed by atoms with Crippen LogP contribution in [0.15, 0.2) is 54.1 Å². The van der Waals surface area contributed by atoms with Gasteiger partial charge in [-0.15, -0.1) is 0 Å². The van der Waals surface area contributed by atoms with Crippen LogP contribution in [-0.2, 0) is 16.1 Å². The fourth-order valence-corrected chi connectivity index (χ4v) is 3.42. The van der Waals surface area contributed by atoms with Gasteiger partial charge in [0.05, 0.1) is 11.6 Å². The van der Waals surface area contributed by atoms with Crippen LogP contribution in [-0.4, -0.2) is 26.7 Å². The fraction of sp³-hybridized carbons (Fsp3) is 0.167. The third-order valence-electron chi connectivity index (χ3n) is 4.02. The molecule has 0 bridgehead atoms. The molecular formula is C18H14Cl2N2O3. The summed E-state index contributed by atoms with van der Waals surface area (Å²) in [6, 6.07) is 7.60. The minimum Gasteiger partial charge on any atom is -0.503 e. The Balaban J connectivity index is 2.10. The van der Waals surface area contributed by atoms with Gasteiger partial charge in [-0.05, 0) is 36.2 Å². The zero-order chi connectivity index (χ0) is 18.1. The van der Waals surface area contributed by atoms with Gasteiger partial charge in [0, 0.05) is 29.0 Å². The Bertz CT molecular complexity index is 881. The number of nitrogens with zero attached hydrogens (tertiary/aromatic N) is 2. The monoisotopic (exact) mass is 376 g/mol. The molecule has 7 heteroatoms. The number of halogens is 2. The van der Waals surface area contributed by atoms with E-state index in [1.165, 1.54) is 17.9 Å². The SMILES string of the molecule is CC(=O)C1=C(O)C(=O)N(Cc2cccnc2)[C@@H]1c1ccc(Cl)cc1Cl. The van der Waals surface area contributed by atoms with Crippen LogP contribution in [0.3, 0.4) is 0 Å². The van der Waals surface area contributed by atoms with Crippen LogP contribution < -0.4 is 0 Å². The van der Waals surface area contributed by atoms with E-state index in [0.29, 0.717) is 15.6 Å². The number of aromatic nitrogens is 1. The van der Waals surface area contributed by atoms with Crippen molar-refractivity contribution >= 4 is 34.9 Å². The van der Waals surface area contributed by atoms with E-state index in [2.05, 4.69) is 4.98 Å². The Kier molecular flexibility index (Phi) is 4.79. The molecule has 0 saturated carbocycles. The maximum atomic E-state index is 12.6. The Labute approximate surface area is 154 Å². The summed E-state index contributed by atoms with van der Waals surface area (Å²) in [7, 11) is 0. The molecule has 1 aromatic carbocycles. The summed E-state index contributed by atoms with van der Waals surface area (Å²) in [5, 5.41) is 11.0. The second kappa shape index (κ2) is 6.86. The number of aliphatic hydroxyl groups excluding tert-OH is 1. The molecule has 1 atom stereocenters. The molecule has 1 aliphatic rings. The van der Waals surface area contributed by atoms with Crippen molar-refractivity contribution < 1.29 is 14.7 Å². The van der Waals surface area contributed by atoms with Crippen molar-refractivity contribution in [1.82, 2.24) is 9.88 Å². The molecule has 25 heavy (non-hydrogen) atoms. The summed E-state index contributed by atoms with van der Waals surface area (Å²) in [4.78, 5) is 30.1. The van der Waals surface area contributed by atoms with Gasteiger partial charge in [0.2, 0.25) is 0 Å². The van der Waals surface area contributed by atoms with Crippen LogP contribution in [0.4, 0.5) is 0 Å². The van der Waals surface area contributed by atoms with Crippen molar-refractivity contribution in [2.24, 2.45) is 0 Å². The van der Waals surface area contributed by atoms with Gasteiger partial charge in [0.15, 0.2) is 11.5 Å². The van der Waals surface area contributed by atoms with Gasteiger partial charge in [-0.1, -0.05) is 35.3 Å². The van der Waals surface area contributed by atoms with Gasteiger partial charge in [0.1, 0.15) is 0 Å². The summed E-state index contributed by atoms with van der Waals surface area (Å²) in [6.07, 6.45) is 3.25. The zero-order valence-electron chi connectivity index (χ0n) is 13.2. The summed E-state index contributed by atoms with van der Waals surface area (Å²) in [5.74, 6) is -1.56. The highest BCUT2D eigenvalue weighted by molar-refractivity contribution is 6.35. The average molecular weight is 377 g/mol. The van der Waals surface area contributed by atoms with Crippen LogP contribution in [0, 0.1) is 0 Å². The number of carbonyl (C=O) groups excluding carboxylic acids is 2. The number of carbonyl (C=O) groups is 2. The maximum absolute atomic E-state index is 12.6. The second-order valence-corrected chi connectivity index (χ2v) is 6.52. The Morgan fingerprint density at radius 1 is 1.32 bits per heavy atom. The predicted octanol–water partition coefficient (Wildman–Crippen LogP) is 3.87. The first-order valence-corrected chi connectivity index (χ1v) is 8.24. The highest BCUT2D eigenvalue weighted by Gasteiger charge is 2.43. The lowest BCUT2D eigenvalue weighted by Gasteiger charge is -2.27. The molecule has 128 valence electrons. The Hall–Kier alpha value is -2.37. The van der Waals surface area contributed by atoms with E-state index in [1.807, 2.05) is 6.07 Å². The van der Waals surface area contributed by atoms with E-state index in [-0.39, 0.29) is 12.1 Å². The fourth-order valence-electron chi connectivity index (χ4n) is 2.91. The molecule has 5 nitrogen and oxygen atoms in total. The number of ketones is 1. The maximum Gasteiger partial charge on any atom is 0.290 e. The summed E-state index contributed by atoms with van der Waals surface area (Å²) < 4.78 is 0. The lowest BCUT2D eigenvalue weighted by atomic mass is 9.96. The number of aliphatic hydroxyl groups is 1. The van der Waals surface area contributed by atoms with Gasteiger partial charge in [0.25, 0.3) is 5.91 Å². The largest absolute Gasteiger partial charge is 0.503 e. The van der Waals surface area contributed by atoms with Gasteiger partial charge >= 0.3 is 0 Å². The molecule has 0 unspecified atom stereocenters. The Morgan fingerprint density at radius 2 is 2.08 bits per heavy atom. The Morgan fingerprint density at radius 3 is 2.68 bits per heavy atom. The van der Waals surface area contributed by atoms with Gasteiger partial charge in [-0.2, -0.15) is 0 Å². The van der Waals surface area contributed by atoms with Crippen LogP contribution in [0.2, 0.25) is 10.0 Å². The number of amides is 1. The number of benzene rings is 1. The summed E-state index contributed by atoms with van der Waals surface area (Å²) >= 11 is 12.2. The normalized spacial score (nSPS) is 17.3. The molecule has 3 rings (SSSR count). The third kappa shape index (κ3) is 3.25. The molecule has 0 fully saturated rings. The first-order chi connectivity index (χ1) is 11.9. The number of rotatable bonds is 4. The first-order valence-electron chi connectivity index (χ1n) is 7.49. The highest BCUT2D eigenvalue weighted by atomic mass is 35.5. The first kappa shape index (κ1) is 17.5. The van der Waals surface area contributed by atoms with Crippen molar-refractivity contribution in [3.63, 3.8) is 0 Å². The molecule has 0 saturated heterocycles.